The predicted molar refractivity (Wildman–Crippen MR) is 82.1 cm³/mol. The lowest BCUT2D eigenvalue weighted by molar-refractivity contribution is 0.0952. The minimum absolute atomic E-state index is 0.0871. The van der Waals surface area contributed by atoms with Gasteiger partial charge in [-0.2, -0.15) is 0 Å². The van der Waals surface area contributed by atoms with Crippen molar-refractivity contribution >= 4 is 11.6 Å². The second-order valence-corrected chi connectivity index (χ2v) is 5.01. The lowest BCUT2D eigenvalue weighted by Crippen LogP contribution is -2.24. The van der Waals surface area contributed by atoms with Gasteiger partial charge in [-0.25, -0.2) is 0 Å². The standard InChI is InChI=1S/C15H25N3O2/c1-4-5-8-17-15(19)12-6-7-13(16)14(11-12)20-10-9-18(2)3/h6-7,11H,4-5,8-10,16H2,1-3H3,(H,17,19). The Hall–Kier alpha value is -1.75. The Morgan fingerprint density at radius 3 is 2.80 bits per heavy atom. The van der Waals surface area contributed by atoms with Crippen molar-refractivity contribution < 1.29 is 9.53 Å². The number of rotatable bonds is 8. The Balaban J connectivity index is 2.62. The number of carbonyl (C=O) groups excluding carboxylic acids is 1. The maximum Gasteiger partial charge on any atom is 0.251 e. The second-order valence-electron chi connectivity index (χ2n) is 5.01. The van der Waals surface area contributed by atoms with E-state index < -0.39 is 0 Å². The molecular weight excluding hydrogens is 254 g/mol. The van der Waals surface area contributed by atoms with Crippen molar-refractivity contribution in [3.8, 4) is 5.75 Å². The van der Waals surface area contributed by atoms with Crippen molar-refractivity contribution in [1.29, 1.82) is 0 Å². The minimum atomic E-state index is -0.0871. The molecule has 0 heterocycles. The van der Waals surface area contributed by atoms with E-state index in [-0.39, 0.29) is 5.91 Å². The van der Waals surface area contributed by atoms with Gasteiger partial charge in [0.25, 0.3) is 5.91 Å². The average Bonchev–Trinajstić information content (AvgIpc) is 2.40. The SMILES string of the molecule is CCCCNC(=O)c1ccc(N)c(OCCN(C)C)c1. The van der Waals surface area contributed by atoms with Crippen LogP contribution in [0, 0.1) is 0 Å². The molecule has 1 rings (SSSR count). The molecule has 112 valence electrons. The normalized spacial score (nSPS) is 10.6. The van der Waals surface area contributed by atoms with Crippen LogP contribution in [0.2, 0.25) is 0 Å². The molecule has 0 fully saturated rings. The van der Waals surface area contributed by atoms with Crippen LogP contribution in [0.15, 0.2) is 18.2 Å². The van der Waals surface area contributed by atoms with Gasteiger partial charge in [0.1, 0.15) is 12.4 Å². The molecule has 20 heavy (non-hydrogen) atoms. The maximum atomic E-state index is 11.9. The highest BCUT2D eigenvalue weighted by atomic mass is 16.5. The lowest BCUT2D eigenvalue weighted by atomic mass is 10.1. The fourth-order valence-electron chi connectivity index (χ4n) is 1.62. The molecule has 0 aliphatic rings. The first-order chi connectivity index (χ1) is 9.54. The Bertz CT molecular complexity index is 433. The molecule has 0 aliphatic heterocycles. The van der Waals surface area contributed by atoms with Gasteiger partial charge in [0.05, 0.1) is 5.69 Å². The number of likely N-dealkylation sites (N-methyl/N-ethyl adjacent to an activating group) is 1. The summed E-state index contributed by atoms with van der Waals surface area (Å²) in [5, 5.41) is 2.88. The van der Waals surface area contributed by atoms with Crippen LogP contribution in [0.3, 0.4) is 0 Å². The number of nitrogens with zero attached hydrogens (tertiary/aromatic N) is 1. The summed E-state index contributed by atoms with van der Waals surface area (Å²) in [5.74, 6) is 0.478. The molecule has 3 N–H and O–H groups in total. The Morgan fingerprint density at radius 2 is 2.15 bits per heavy atom. The van der Waals surface area contributed by atoms with E-state index in [0.29, 0.717) is 30.2 Å². The van der Waals surface area contributed by atoms with E-state index in [2.05, 4.69) is 12.2 Å². The van der Waals surface area contributed by atoms with Crippen LogP contribution in [0.25, 0.3) is 0 Å². The molecule has 0 bridgehead atoms. The highest BCUT2D eigenvalue weighted by molar-refractivity contribution is 5.95. The quantitative estimate of drug-likeness (QED) is 0.562. The van der Waals surface area contributed by atoms with E-state index in [9.17, 15) is 4.79 Å². The molecular formula is C15H25N3O2. The number of nitrogen functional groups attached to an aromatic ring is 1. The molecule has 0 saturated carbocycles. The molecule has 0 radical (unpaired) electrons. The third kappa shape index (κ3) is 5.48. The minimum Gasteiger partial charge on any atom is -0.490 e. The van der Waals surface area contributed by atoms with Crippen molar-refractivity contribution in [3.63, 3.8) is 0 Å². The molecule has 5 heteroatoms. The molecule has 0 spiro atoms. The van der Waals surface area contributed by atoms with E-state index in [1.807, 2.05) is 19.0 Å². The predicted octanol–water partition coefficient (Wildman–Crippen LogP) is 1.74. The van der Waals surface area contributed by atoms with Gasteiger partial charge in [-0.05, 0) is 38.7 Å². The first-order valence-electron chi connectivity index (χ1n) is 6.99. The molecule has 1 aromatic carbocycles. The van der Waals surface area contributed by atoms with Gasteiger partial charge in [0.2, 0.25) is 0 Å². The Morgan fingerprint density at radius 1 is 1.40 bits per heavy atom. The number of ether oxygens (including phenoxy) is 1. The number of nitrogens with one attached hydrogen (secondary N) is 1. The van der Waals surface area contributed by atoms with Crippen molar-refractivity contribution in [2.45, 2.75) is 19.8 Å². The summed E-state index contributed by atoms with van der Waals surface area (Å²) in [6.45, 7) is 4.12. The zero-order valence-electron chi connectivity index (χ0n) is 12.6. The highest BCUT2D eigenvalue weighted by Gasteiger charge is 2.09. The number of hydrogen-bond acceptors (Lipinski definition) is 4. The van der Waals surface area contributed by atoms with E-state index >= 15 is 0 Å². The average molecular weight is 279 g/mol. The summed E-state index contributed by atoms with van der Waals surface area (Å²) in [5.41, 5.74) is 6.99. The Kier molecular flexibility index (Phi) is 6.87. The zero-order valence-corrected chi connectivity index (χ0v) is 12.6. The molecule has 1 amide bonds. The summed E-state index contributed by atoms with van der Waals surface area (Å²) < 4.78 is 5.62. The van der Waals surface area contributed by atoms with Gasteiger partial charge < -0.3 is 20.7 Å². The molecule has 0 unspecified atom stereocenters. The number of nitrogens with two attached hydrogens (primary N) is 1. The van der Waals surface area contributed by atoms with E-state index in [1.54, 1.807) is 18.2 Å². The number of benzene rings is 1. The topological polar surface area (TPSA) is 67.6 Å². The fourth-order valence-corrected chi connectivity index (χ4v) is 1.62. The van der Waals surface area contributed by atoms with Crippen molar-refractivity contribution in [1.82, 2.24) is 10.2 Å². The number of hydrogen-bond donors (Lipinski definition) is 2. The van der Waals surface area contributed by atoms with Crippen molar-refractivity contribution in [2.24, 2.45) is 0 Å². The molecule has 0 saturated heterocycles. The van der Waals surface area contributed by atoms with E-state index in [4.69, 9.17) is 10.5 Å². The van der Waals surface area contributed by atoms with Crippen LogP contribution in [0.1, 0.15) is 30.1 Å². The van der Waals surface area contributed by atoms with Gasteiger partial charge in [-0.15, -0.1) is 0 Å². The van der Waals surface area contributed by atoms with Crippen LogP contribution in [0.4, 0.5) is 5.69 Å². The van der Waals surface area contributed by atoms with Crippen LogP contribution >= 0.6 is 0 Å². The smallest absolute Gasteiger partial charge is 0.251 e. The van der Waals surface area contributed by atoms with Gasteiger partial charge in [-0.1, -0.05) is 13.3 Å². The summed E-state index contributed by atoms with van der Waals surface area (Å²) in [6, 6.07) is 5.13. The molecule has 0 aromatic heterocycles. The van der Waals surface area contributed by atoms with Crippen molar-refractivity contribution in [3.05, 3.63) is 23.8 Å². The van der Waals surface area contributed by atoms with Crippen LogP contribution < -0.4 is 15.8 Å². The second kappa shape index (κ2) is 8.43. The third-order valence-corrected chi connectivity index (χ3v) is 2.89. The number of carbonyl (C=O) groups is 1. The molecule has 0 atom stereocenters. The van der Waals surface area contributed by atoms with Crippen molar-refractivity contribution in [2.75, 3.05) is 39.5 Å². The van der Waals surface area contributed by atoms with Crippen LogP contribution in [-0.4, -0.2) is 44.6 Å². The van der Waals surface area contributed by atoms with Gasteiger partial charge >= 0.3 is 0 Å². The number of amides is 1. The zero-order chi connectivity index (χ0) is 15.0. The van der Waals surface area contributed by atoms with Crippen LogP contribution in [0.5, 0.6) is 5.75 Å². The van der Waals surface area contributed by atoms with E-state index in [1.165, 1.54) is 0 Å². The molecule has 0 aliphatic carbocycles. The lowest BCUT2D eigenvalue weighted by Gasteiger charge is -2.13. The van der Waals surface area contributed by atoms with Crippen LogP contribution in [-0.2, 0) is 0 Å². The van der Waals surface area contributed by atoms with Gasteiger partial charge in [0.15, 0.2) is 0 Å². The fraction of sp³-hybridized carbons (Fsp3) is 0.533. The first kappa shape index (κ1) is 16.3. The molecule has 1 aromatic rings. The highest BCUT2D eigenvalue weighted by Crippen LogP contribution is 2.22. The summed E-state index contributed by atoms with van der Waals surface area (Å²) >= 11 is 0. The first-order valence-corrected chi connectivity index (χ1v) is 6.99. The summed E-state index contributed by atoms with van der Waals surface area (Å²) in [4.78, 5) is 14.0. The van der Waals surface area contributed by atoms with Gasteiger partial charge in [-0.3, -0.25) is 4.79 Å². The molecule has 5 nitrogen and oxygen atoms in total. The largest absolute Gasteiger partial charge is 0.490 e. The maximum absolute atomic E-state index is 11.9. The summed E-state index contributed by atoms with van der Waals surface area (Å²) in [6.07, 6.45) is 2.04. The number of unbranched alkanes of at least 4 members (excludes halogenated alkanes) is 1. The van der Waals surface area contributed by atoms with E-state index in [0.717, 1.165) is 19.4 Å². The number of anilines is 1. The van der Waals surface area contributed by atoms with Gasteiger partial charge in [0, 0.05) is 18.7 Å². The summed E-state index contributed by atoms with van der Waals surface area (Å²) in [7, 11) is 3.95. The Labute approximate surface area is 121 Å². The monoisotopic (exact) mass is 279 g/mol. The third-order valence-electron chi connectivity index (χ3n) is 2.89.